The predicted molar refractivity (Wildman–Crippen MR) is 141 cm³/mol. The molecule has 0 bridgehead atoms. The molecule has 0 N–H and O–H groups in total. The van der Waals surface area contributed by atoms with Crippen molar-refractivity contribution in [1.82, 2.24) is 0 Å². The lowest BCUT2D eigenvalue weighted by molar-refractivity contribution is 0.115. The molecule has 0 amide bonds. The molecule has 4 unspecified atom stereocenters. The lowest BCUT2D eigenvalue weighted by Gasteiger charge is -2.81. The van der Waals surface area contributed by atoms with Crippen molar-refractivity contribution in [1.29, 1.82) is 0 Å². The molecule has 0 aromatic rings. The van der Waals surface area contributed by atoms with Gasteiger partial charge in [0.25, 0.3) is 0 Å². The Morgan fingerprint density at radius 2 is 0.913 bits per heavy atom. The number of hydrogen-bond donors (Lipinski definition) is 0. The van der Waals surface area contributed by atoms with Crippen molar-refractivity contribution in [3.05, 3.63) is 0 Å². The van der Waals surface area contributed by atoms with Crippen molar-refractivity contribution in [2.75, 3.05) is 0 Å². The van der Waals surface area contributed by atoms with E-state index in [2.05, 4.69) is 109 Å². The standard InChI is InChI=1S/C10H29B13/c1-2(11,12)4(13)5(14)3(7(5,16)17)6(15,9(4,20)21)10(22,23)8(3,18)19/h11-23H2,1H3. The smallest absolute Gasteiger partial charge is 0.0938 e. The fraction of sp³-hybridized carbons (Fsp3) is 1.00. The first-order valence-corrected chi connectivity index (χ1v) is 9.75. The molecule has 3 aliphatic carbocycles. The van der Waals surface area contributed by atoms with E-state index in [4.69, 9.17) is 0 Å². The minimum absolute atomic E-state index is 0.290. The minimum Gasteiger partial charge on any atom is -0.0938 e. The third-order valence-corrected chi connectivity index (χ3v) is 12.4. The molecule has 0 radical (unpaired) electrons. The Morgan fingerprint density at radius 1 is 0.522 bits per heavy atom. The van der Waals surface area contributed by atoms with E-state index in [1.807, 2.05) is 0 Å². The first-order chi connectivity index (χ1) is 9.75. The van der Waals surface area contributed by atoms with Gasteiger partial charge < -0.3 is 0 Å². The molecule has 13 heteroatoms. The summed E-state index contributed by atoms with van der Waals surface area (Å²) in [6.45, 7) is 2.50. The third-order valence-electron chi connectivity index (χ3n) is 12.4. The summed E-state index contributed by atoms with van der Waals surface area (Å²) in [6.07, 6.45) is 0. The van der Waals surface area contributed by atoms with Gasteiger partial charge in [-0.3, -0.25) is 0 Å². The molecule has 0 aromatic heterocycles. The molecule has 1 spiro atoms. The Labute approximate surface area is 156 Å². The fourth-order valence-electron chi connectivity index (χ4n) is 10.8. The zero-order valence-electron chi connectivity index (χ0n) is 18.5. The van der Waals surface area contributed by atoms with E-state index < -0.39 is 0 Å². The predicted octanol–water partition coefficient (Wildman–Crippen LogP) is -9.68. The molecule has 0 heterocycles. The molecule has 3 aliphatic rings. The van der Waals surface area contributed by atoms with Crippen molar-refractivity contribution in [2.24, 2.45) is 5.41 Å². The van der Waals surface area contributed by atoms with Gasteiger partial charge in [0.1, 0.15) is 23.5 Å². The van der Waals surface area contributed by atoms with Crippen molar-refractivity contribution >= 4 is 102 Å². The lowest BCUT2D eigenvalue weighted by Crippen LogP contribution is -2.68. The Bertz CT molecular complexity index is 619. The van der Waals surface area contributed by atoms with E-state index in [-0.39, 0.29) is 0 Å². The van der Waals surface area contributed by atoms with E-state index in [0.29, 0.717) is 47.4 Å². The van der Waals surface area contributed by atoms with Crippen LogP contribution < -0.4 is 0 Å². The summed E-state index contributed by atoms with van der Waals surface area (Å²) in [5, 5.41) is 2.75. The van der Waals surface area contributed by atoms with E-state index in [1.165, 1.54) is 0 Å². The van der Waals surface area contributed by atoms with Crippen LogP contribution in [0.5, 0.6) is 0 Å². The van der Waals surface area contributed by atoms with Crippen molar-refractivity contribution in [3.8, 4) is 0 Å². The van der Waals surface area contributed by atoms with E-state index in [1.54, 1.807) is 0 Å². The van der Waals surface area contributed by atoms with E-state index in [9.17, 15) is 0 Å². The topological polar surface area (TPSA) is 0 Å². The first-order valence-electron chi connectivity index (χ1n) is 9.75. The molecule has 23 heavy (non-hydrogen) atoms. The minimum atomic E-state index is 0.290. The molecule has 3 fully saturated rings. The van der Waals surface area contributed by atoms with Gasteiger partial charge in [-0.2, -0.15) is 0 Å². The van der Waals surface area contributed by atoms with Gasteiger partial charge >= 0.3 is 0 Å². The highest BCUT2D eigenvalue weighted by atomic mass is 15.0. The first kappa shape index (κ1) is 18.6. The van der Waals surface area contributed by atoms with Crippen LogP contribution in [-0.4, -0.2) is 102 Å². The number of hydrogen-bond acceptors (Lipinski definition) is 0. The molecule has 0 aromatic carbocycles. The highest BCUT2D eigenvalue weighted by Crippen LogP contribution is 3.21. The Kier molecular flexibility index (Phi) is 2.94. The van der Waals surface area contributed by atoms with Gasteiger partial charge in [-0.05, 0) is 0 Å². The average molecular weight is 290 g/mol. The summed E-state index contributed by atoms with van der Waals surface area (Å²) in [4.78, 5) is 0. The van der Waals surface area contributed by atoms with Crippen molar-refractivity contribution in [3.63, 3.8) is 0 Å². The second-order valence-corrected chi connectivity index (χ2v) is 12.9. The van der Waals surface area contributed by atoms with E-state index >= 15 is 0 Å². The molecule has 108 valence electrons. The monoisotopic (exact) mass is 292 g/mol. The van der Waals surface area contributed by atoms with Crippen LogP contribution in [0.25, 0.3) is 0 Å². The van der Waals surface area contributed by atoms with Gasteiger partial charge in [0.15, 0.2) is 0 Å². The number of rotatable bonds is 1. The van der Waals surface area contributed by atoms with Crippen molar-refractivity contribution < 1.29 is 0 Å². The molecule has 4 atom stereocenters. The normalized spacial score (nSPS) is 53.4. The van der Waals surface area contributed by atoms with Crippen LogP contribution in [0.1, 0.15) is 6.92 Å². The van der Waals surface area contributed by atoms with Crippen LogP contribution in [0.15, 0.2) is 0 Å². The SMILES string of the molecule is BC(B)(C)C1(B)C(B)(B)C2(B)C(B)(B)C(B)(B)C23C(B)(B)C13B. The maximum atomic E-state index is 2.66. The zero-order chi connectivity index (χ0) is 18.5. The summed E-state index contributed by atoms with van der Waals surface area (Å²) < 4.78 is 0. The van der Waals surface area contributed by atoms with Crippen LogP contribution in [0.4, 0.5) is 0 Å². The van der Waals surface area contributed by atoms with Crippen molar-refractivity contribution in [2.45, 2.75) is 48.9 Å². The summed E-state index contributed by atoms with van der Waals surface area (Å²) in [5.41, 5.74) is 0.426. The maximum Gasteiger partial charge on any atom is 0.108 e. The van der Waals surface area contributed by atoms with Crippen LogP contribution >= 0.6 is 0 Å². The Balaban J connectivity index is 2.47. The summed E-state index contributed by atoms with van der Waals surface area (Å²) >= 11 is 0. The quantitative estimate of drug-likeness (QED) is 0.421. The van der Waals surface area contributed by atoms with Gasteiger partial charge in [-0.1, -0.05) is 54.4 Å². The summed E-state index contributed by atoms with van der Waals surface area (Å²) in [7, 11) is 33.6. The highest BCUT2D eigenvalue weighted by Gasteiger charge is 3.04. The van der Waals surface area contributed by atoms with Gasteiger partial charge in [-0.25, -0.2) is 0 Å². The van der Waals surface area contributed by atoms with Gasteiger partial charge in [0, 0.05) is 0 Å². The highest BCUT2D eigenvalue weighted by molar-refractivity contribution is 6.72. The third kappa shape index (κ3) is 1.04. The molecule has 3 rings (SSSR count). The Morgan fingerprint density at radius 3 is 1.22 bits per heavy atom. The molecular formula is C10H29B13. The maximum absolute atomic E-state index is 2.66. The molecule has 3 saturated carbocycles. The largest absolute Gasteiger partial charge is 0.108 e. The average Bonchev–Trinajstić information content (AvgIpc) is 2.72. The second kappa shape index (κ2) is 3.62. The summed E-state index contributed by atoms with van der Waals surface area (Å²) in [5.74, 6) is 0. The van der Waals surface area contributed by atoms with Gasteiger partial charge in [0.2, 0.25) is 0 Å². The molecular weight excluding hydrogens is 261 g/mol. The molecule has 0 saturated heterocycles. The second-order valence-electron chi connectivity index (χ2n) is 12.9. The van der Waals surface area contributed by atoms with Gasteiger partial charge in [-0.15, -0.1) is 0 Å². The molecule has 0 nitrogen and oxygen atoms in total. The molecule has 0 aliphatic heterocycles. The van der Waals surface area contributed by atoms with Crippen LogP contribution in [-0.2, 0) is 0 Å². The van der Waals surface area contributed by atoms with Crippen LogP contribution in [0.2, 0.25) is 42.0 Å². The van der Waals surface area contributed by atoms with Crippen LogP contribution in [0.3, 0.4) is 0 Å². The van der Waals surface area contributed by atoms with E-state index in [0.717, 1.165) is 0 Å². The zero-order valence-corrected chi connectivity index (χ0v) is 18.5. The lowest BCUT2D eigenvalue weighted by atomic mass is 8.99. The van der Waals surface area contributed by atoms with Gasteiger partial charge in [0.05, 0.1) is 78.5 Å². The van der Waals surface area contributed by atoms with Crippen LogP contribution in [0, 0.1) is 5.41 Å². The fourth-order valence-corrected chi connectivity index (χ4v) is 10.8. The summed E-state index contributed by atoms with van der Waals surface area (Å²) in [6, 6.07) is 0. The Hall–Kier alpha value is 0.844.